The monoisotopic (exact) mass is 252 g/mol. The van der Waals surface area contributed by atoms with E-state index in [1.165, 1.54) is 77.5 Å². The lowest BCUT2D eigenvalue weighted by molar-refractivity contribution is 0.0532. The summed E-state index contributed by atoms with van der Waals surface area (Å²) in [6.45, 7) is 5.96. The molecule has 0 aromatic rings. The summed E-state index contributed by atoms with van der Waals surface area (Å²) in [6, 6.07) is 0. The van der Waals surface area contributed by atoms with Crippen molar-refractivity contribution < 1.29 is 4.74 Å². The molecule has 1 atom stereocenters. The van der Waals surface area contributed by atoms with Crippen molar-refractivity contribution >= 4 is 0 Å². The standard InChI is InChI=1S/C15H28N2O/c1-2-8-15(7-1)13-16-9-11-17(15)10-3-5-14-6-4-12-18-14/h14,16H,1-13H2. The zero-order valence-electron chi connectivity index (χ0n) is 11.6. The van der Waals surface area contributed by atoms with Crippen LogP contribution in [0.25, 0.3) is 0 Å². The normalized spacial score (nSPS) is 32.3. The molecule has 3 fully saturated rings. The molecule has 3 rings (SSSR count). The highest BCUT2D eigenvalue weighted by Crippen LogP contribution is 2.36. The number of nitrogens with zero attached hydrogens (tertiary/aromatic N) is 1. The van der Waals surface area contributed by atoms with Crippen LogP contribution in [0.3, 0.4) is 0 Å². The minimum absolute atomic E-state index is 0.523. The summed E-state index contributed by atoms with van der Waals surface area (Å²) in [6.07, 6.45) is 11.5. The average molecular weight is 252 g/mol. The first-order chi connectivity index (χ1) is 8.89. The molecule has 0 amide bonds. The van der Waals surface area contributed by atoms with Crippen LogP contribution in [0, 0.1) is 0 Å². The highest BCUT2D eigenvalue weighted by atomic mass is 16.5. The van der Waals surface area contributed by atoms with Gasteiger partial charge in [0.25, 0.3) is 0 Å². The molecule has 1 spiro atoms. The fourth-order valence-corrected chi connectivity index (χ4v) is 4.14. The Labute approximate surface area is 111 Å². The van der Waals surface area contributed by atoms with Crippen LogP contribution in [-0.2, 0) is 4.74 Å². The SMILES string of the molecule is C1COC(CCCN2CCNCC23CCCC3)C1. The first-order valence-electron chi connectivity index (χ1n) is 7.96. The molecule has 0 aromatic carbocycles. The van der Waals surface area contributed by atoms with E-state index < -0.39 is 0 Å². The molecule has 1 aliphatic carbocycles. The number of nitrogens with one attached hydrogen (secondary N) is 1. The quantitative estimate of drug-likeness (QED) is 0.830. The van der Waals surface area contributed by atoms with Crippen LogP contribution in [0.5, 0.6) is 0 Å². The lowest BCUT2D eigenvalue weighted by atomic mass is 9.92. The maximum absolute atomic E-state index is 5.73. The molecule has 3 heteroatoms. The van der Waals surface area contributed by atoms with Gasteiger partial charge in [0.1, 0.15) is 0 Å². The van der Waals surface area contributed by atoms with Crippen LogP contribution in [0.2, 0.25) is 0 Å². The molecule has 1 unspecified atom stereocenters. The maximum atomic E-state index is 5.73. The van der Waals surface area contributed by atoms with Gasteiger partial charge >= 0.3 is 0 Å². The van der Waals surface area contributed by atoms with Gasteiger partial charge in [-0.1, -0.05) is 12.8 Å². The predicted octanol–water partition coefficient (Wildman–Crippen LogP) is 2.16. The van der Waals surface area contributed by atoms with Gasteiger partial charge in [-0.3, -0.25) is 4.90 Å². The Morgan fingerprint density at radius 3 is 2.89 bits per heavy atom. The predicted molar refractivity (Wildman–Crippen MR) is 73.8 cm³/mol. The van der Waals surface area contributed by atoms with E-state index in [-0.39, 0.29) is 0 Å². The minimum Gasteiger partial charge on any atom is -0.378 e. The minimum atomic E-state index is 0.523. The summed E-state index contributed by atoms with van der Waals surface area (Å²) in [7, 11) is 0. The molecule has 3 nitrogen and oxygen atoms in total. The molecule has 18 heavy (non-hydrogen) atoms. The van der Waals surface area contributed by atoms with Gasteiger partial charge in [0, 0.05) is 31.8 Å². The lowest BCUT2D eigenvalue weighted by Gasteiger charge is -2.45. The average Bonchev–Trinajstić information content (AvgIpc) is 3.04. The van der Waals surface area contributed by atoms with Crippen LogP contribution >= 0.6 is 0 Å². The third-order valence-corrected chi connectivity index (χ3v) is 5.20. The van der Waals surface area contributed by atoms with E-state index in [1.54, 1.807) is 0 Å². The van der Waals surface area contributed by atoms with Crippen molar-refractivity contribution in [3.05, 3.63) is 0 Å². The first kappa shape index (κ1) is 12.9. The van der Waals surface area contributed by atoms with Crippen molar-refractivity contribution in [2.75, 3.05) is 32.8 Å². The molecule has 2 heterocycles. The van der Waals surface area contributed by atoms with Gasteiger partial charge < -0.3 is 10.1 Å². The highest BCUT2D eigenvalue weighted by Gasteiger charge is 2.40. The molecule has 1 saturated carbocycles. The highest BCUT2D eigenvalue weighted by molar-refractivity contribution is 4.99. The third kappa shape index (κ3) is 2.73. The number of hydrogen-bond donors (Lipinski definition) is 1. The van der Waals surface area contributed by atoms with E-state index in [4.69, 9.17) is 4.74 Å². The fourth-order valence-electron chi connectivity index (χ4n) is 4.14. The molecule has 3 aliphatic rings. The second kappa shape index (κ2) is 5.89. The first-order valence-corrected chi connectivity index (χ1v) is 7.96. The Morgan fingerprint density at radius 2 is 2.11 bits per heavy atom. The van der Waals surface area contributed by atoms with Crippen LogP contribution in [0.1, 0.15) is 51.4 Å². The second-order valence-electron chi connectivity index (χ2n) is 6.37. The number of piperazine rings is 1. The molecule has 2 saturated heterocycles. The van der Waals surface area contributed by atoms with Gasteiger partial charge in [0.2, 0.25) is 0 Å². The van der Waals surface area contributed by atoms with Gasteiger partial charge in [-0.05, 0) is 45.1 Å². The molecule has 104 valence electrons. The van der Waals surface area contributed by atoms with Gasteiger partial charge in [-0.15, -0.1) is 0 Å². The van der Waals surface area contributed by atoms with Crippen LogP contribution < -0.4 is 5.32 Å². The Bertz CT molecular complexity index is 257. The summed E-state index contributed by atoms with van der Waals surface area (Å²) < 4.78 is 5.73. The largest absolute Gasteiger partial charge is 0.378 e. The van der Waals surface area contributed by atoms with Crippen molar-refractivity contribution in [2.24, 2.45) is 0 Å². The maximum Gasteiger partial charge on any atom is 0.0576 e. The summed E-state index contributed by atoms with van der Waals surface area (Å²) in [5, 5.41) is 3.61. The zero-order chi connectivity index (χ0) is 12.3. The van der Waals surface area contributed by atoms with Crippen LogP contribution in [0.4, 0.5) is 0 Å². The lowest BCUT2D eigenvalue weighted by Crippen LogP contribution is -2.60. The van der Waals surface area contributed by atoms with Crippen LogP contribution in [0.15, 0.2) is 0 Å². The van der Waals surface area contributed by atoms with Crippen molar-refractivity contribution in [1.82, 2.24) is 10.2 Å². The Hall–Kier alpha value is -0.120. The Morgan fingerprint density at radius 1 is 1.22 bits per heavy atom. The van der Waals surface area contributed by atoms with E-state index >= 15 is 0 Å². The molecular formula is C15H28N2O. The summed E-state index contributed by atoms with van der Waals surface area (Å²) in [5.41, 5.74) is 0.523. The molecule has 0 radical (unpaired) electrons. The van der Waals surface area contributed by atoms with Crippen molar-refractivity contribution in [1.29, 1.82) is 0 Å². The van der Waals surface area contributed by atoms with E-state index in [0.29, 0.717) is 11.6 Å². The fraction of sp³-hybridized carbons (Fsp3) is 1.00. The third-order valence-electron chi connectivity index (χ3n) is 5.20. The number of ether oxygens (including phenoxy) is 1. The van der Waals surface area contributed by atoms with E-state index in [0.717, 1.165) is 6.61 Å². The van der Waals surface area contributed by atoms with Crippen molar-refractivity contribution in [3.63, 3.8) is 0 Å². The number of hydrogen-bond acceptors (Lipinski definition) is 3. The summed E-state index contributed by atoms with van der Waals surface area (Å²) in [5.74, 6) is 0. The van der Waals surface area contributed by atoms with Gasteiger partial charge in [0.05, 0.1) is 6.10 Å². The van der Waals surface area contributed by atoms with E-state index in [9.17, 15) is 0 Å². The Kier molecular flexibility index (Phi) is 4.22. The zero-order valence-corrected chi connectivity index (χ0v) is 11.6. The van der Waals surface area contributed by atoms with Gasteiger partial charge in [0.15, 0.2) is 0 Å². The van der Waals surface area contributed by atoms with Crippen LogP contribution in [-0.4, -0.2) is 49.3 Å². The summed E-state index contributed by atoms with van der Waals surface area (Å²) >= 11 is 0. The van der Waals surface area contributed by atoms with Gasteiger partial charge in [-0.2, -0.15) is 0 Å². The second-order valence-corrected chi connectivity index (χ2v) is 6.37. The molecule has 1 N–H and O–H groups in total. The molecule has 0 bridgehead atoms. The topological polar surface area (TPSA) is 24.5 Å². The Balaban J connectivity index is 1.47. The number of rotatable bonds is 4. The van der Waals surface area contributed by atoms with E-state index in [1.807, 2.05) is 0 Å². The van der Waals surface area contributed by atoms with Gasteiger partial charge in [-0.25, -0.2) is 0 Å². The smallest absolute Gasteiger partial charge is 0.0576 e. The van der Waals surface area contributed by atoms with Crippen molar-refractivity contribution in [2.45, 2.75) is 63.0 Å². The van der Waals surface area contributed by atoms with Crippen molar-refractivity contribution in [3.8, 4) is 0 Å². The summed E-state index contributed by atoms with van der Waals surface area (Å²) in [4.78, 5) is 2.80. The van der Waals surface area contributed by atoms with E-state index in [2.05, 4.69) is 10.2 Å². The molecular weight excluding hydrogens is 224 g/mol. The molecule has 2 aliphatic heterocycles. The molecule has 0 aromatic heterocycles.